The Balaban J connectivity index is 2.18. The van der Waals surface area contributed by atoms with Crippen LogP contribution in [0.1, 0.15) is 0 Å². The van der Waals surface area contributed by atoms with Gasteiger partial charge in [-0.2, -0.15) is 0 Å². The predicted octanol–water partition coefficient (Wildman–Crippen LogP) is 2.44. The number of hydrogen-bond acceptors (Lipinski definition) is 3. The fourth-order valence-electron chi connectivity index (χ4n) is 1.01. The Morgan fingerprint density at radius 1 is 1.43 bits per heavy atom. The molecule has 0 unspecified atom stereocenters. The van der Waals surface area contributed by atoms with Gasteiger partial charge in [0.1, 0.15) is 11.6 Å². The van der Waals surface area contributed by atoms with E-state index in [1.165, 1.54) is 6.20 Å². The summed E-state index contributed by atoms with van der Waals surface area (Å²) in [5.41, 5.74) is 5.44. The molecule has 3 N–H and O–H groups in total. The molecular weight excluding hydrogens is 202 g/mol. The minimum absolute atomic E-state index is 0.352. The number of nitrogens with zero attached hydrogens (tertiary/aromatic N) is 1. The second kappa shape index (κ2) is 3.59. The standard InChI is InChI=1S/C9H8ClN3O/c10-6-2-1-3-7(4-6)14-9-12-5-8(11)13-9/h1-5H,11H2,(H,12,13). The number of aromatic amines is 1. The van der Waals surface area contributed by atoms with Crippen LogP contribution in [0, 0.1) is 0 Å². The van der Waals surface area contributed by atoms with E-state index in [-0.39, 0.29) is 0 Å². The SMILES string of the molecule is Nc1cnc(Oc2cccc(Cl)c2)[nH]1. The average Bonchev–Trinajstić information content (AvgIpc) is 2.51. The number of halogens is 1. The lowest BCUT2D eigenvalue weighted by Gasteiger charge is -2.00. The van der Waals surface area contributed by atoms with E-state index in [2.05, 4.69) is 9.97 Å². The highest BCUT2D eigenvalue weighted by Gasteiger charge is 2.00. The van der Waals surface area contributed by atoms with Crippen molar-refractivity contribution in [3.8, 4) is 11.8 Å². The van der Waals surface area contributed by atoms with Crippen LogP contribution in [0.2, 0.25) is 5.02 Å². The number of benzene rings is 1. The Hall–Kier alpha value is -1.68. The molecule has 0 aliphatic heterocycles. The molecule has 14 heavy (non-hydrogen) atoms. The van der Waals surface area contributed by atoms with Crippen molar-refractivity contribution < 1.29 is 4.74 Å². The van der Waals surface area contributed by atoms with Crippen molar-refractivity contribution in [1.82, 2.24) is 9.97 Å². The smallest absolute Gasteiger partial charge is 0.300 e. The van der Waals surface area contributed by atoms with Crippen LogP contribution in [0.3, 0.4) is 0 Å². The highest BCUT2D eigenvalue weighted by molar-refractivity contribution is 6.30. The van der Waals surface area contributed by atoms with E-state index in [0.717, 1.165) is 0 Å². The third-order valence-electron chi connectivity index (χ3n) is 1.58. The maximum Gasteiger partial charge on any atom is 0.300 e. The molecule has 4 nitrogen and oxygen atoms in total. The Morgan fingerprint density at radius 2 is 2.29 bits per heavy atom. The lowest BCUT2D eigenvalue weighted by atomic mass is 10.3. The minimum atomic E-state index is 0.352. The number of ether oxygens (including phenoxy) is 1. The van der Waals surface area contributed by atoms with Crippen molar-refractivity contribution in [2.45, 2.75) is 0 Å². The summed E-state index contributed by atoms with van der Waals surface area (Å²) in [5, 5.41) is 0.613. The van der Waals surface area contributed by atoms with E-state index < -0.39 is 0 Å². The first-order valence-corrected chi connectivity index (χ1v) is 4.36. The van der Waals surface area contributed by atoms with E-state index in [1.807, 2.05) is 0 Å². The summed E-state index contributed by atoms with van der Waals surface area (Å²) in [6.45, 7) is 0. The molecule has 5 heteroatoms. The zero-order valence-corrected chi connectivity index (χ0v) is 7.95. The highest BCUT2D eigenvalue weighted by Crippen LogP contribution is 2.21. The van der Waals surface area contributed by atoms with Crippen LogP contribution in [0.5, 0.6) is 11.8 Å². The van der Waals surface area contributed by atoms with Gasteiger partial charge in [0.25, 0.3) is 0 Å². The summed E-state index contributed by atoms with van der Waals surface area (Å²) in [6.07, 6.45) is 1.49. The molecule has 0 amide bonds. The molecule has 1 aromatic carbocycles. The Kier molecular flexibility index (Phi) is 2.28. The normalized spacial score (nSPS) is 10.1. The second-order valence-electron chi connectivity index (χ2n) is 2.70. The number of hydrogen-bond donors (Lipinski definition) is 2. The van der Waals surface area contributed by atoms with Gasteiger partial charge < -0.3 is 10.5 Å². The number of H-pyrrole nitrogens is 1. The molecule has 0 saturated heterocycles. The highest BCUT2D eigenvalue weighted by atomic mass is 35.5. The third kappa shape index (κ3) is 1.97. The molecule has 0 aliphatic rings. The molecule has 0 spiro atoms. The van der Waals surface area contributed by atoms with Crippen LogP contribution < -0.4 is 10.5 Å². The maximum absolute atomic E-state index is 5.78. The van der Waals surface area contributed by atoms with Crippen molar-refractivity contribution in [2.75, 3.05) is 5.73 Å². The molecule has 1 aromatic heterocycles. The summed E-state index contributed by atoms with van der Waals surface area (Å²) in [6, 6.07) is 7.39. The molecule has 0 radical (unpaired) electrons. The van der Waals surface area contributed by atoms with E-state index in [9.17, 15) is 0 Å². The topological polar surface area (TPSA) is 63.9 Å². The number of rotatable bonds is 2. The molecule has 2 rings (SSSR count). The molecular formula is C9H8ClN3O. The summed E-state index contributed by atoms with van der Waals surface area (Å²) in [4.78, 5) is 6.64. The predicted molar refractivity (Wildman–Crippen MR) is 54.5 cm³/mol. The van der Waals surface area contributed by atoms with Crippen LogP contribution in [0.15, 0.2) is 30.5 Å². The molecule has 0 atom stereocenters. The number of anilines is 1. The molecule has 0 saturated carbocycles. The summed E-state index contributed by atoms with van der Waals surface area (Å²) in [7, 11) is 0. The second-order valence-corrected chi connectivity index (χ2v) is 3.14. The Morgan fingerprint density at radius 3 is 2.93 bits per heavy atom. The maximum atomic E-state index is 5.78. The lowest BCUT2D eigenvalue weighted by Crippen LogP contribution is -1.87. The van der Waals surface area contributed by atoms with E-state index in [1.54, 1.807) is 24.3 Å². The van der Waals surface area contributed by atoms with Gasteiger partial charge in [-0.25, -0.2) is 4.98 Å². The number of nitrogens with two attached hydrogens (primary N) is 1. The number of nitrogen functional groups attached to an aromatic ring is 1. The summed E-state index contributed by atoms with van der Waals surface area (Å²) >= 11 is 5.78. The molecule has 2 aromatic rings. The fraction of sp³-hybridized carbons (Fsp3) is 0. The summed E-state index contributed by atoms with van der Waals surface area (Å²) < 4.78 is 5.35. The van der Waals surface area contributed by atoms with E-state index in [0.29, 0.717) is 22.6 Å². The van der Waals surface area contributed by atoms with Gasteiger partial charge in [-0.3, -0.25) is 4.98 Å². The first-order chi connectivity index (χ1) is 6.74. The third-order valence-corrected chi connectivity index (χ3v) is 1.82. The molecule has 0 bridgehead atoms. The molecule has 72 valence electrons. The fourth-order valence-corrected chi connectivity index (χ4v) is 1.19. The van der Waals surface area contributed by atoms with Crippen LogP contribution in [0.25, 0.3) is 0 Å². The quantitative estimate of drug-likeness (QED) is 0.799. The molecule has 0 fully saturated rings. The Bertz CT molecular complexity index is 441. The monoisotopic (exact) mass is 209 g/mol. The zero-order valence-electron chi connectivity index (χ0n) is 7.20. The van der Waals surface area contributed by atoms with Crippen molar-refractivity contribution in [3.63, 3.8) is 0 Å². The van der Waals surface area contributed by atoms with Crippen LogP contribution in [0.4, 0.5) is 5.82 Å². The zero-order chi connectivity index (χ0) is 9.97. The first kappa shape index (κ1) is 8.90. The average molecular weight is 210 g/mol. The van der Waals surface area contributed by atoms with Gasteiger partial charge in [0.2, 0.25) is 0 Å². The van der Waals surface area contributed by atoms with E-state index >= 15 is 0 Å². The number of nitrogens with one attached hydrogen (secondary N) is 1. The van der Waals surface area contributed by atoms with Crippen molar-refractivity contribution in [1.29, 1.82) is 0 Å². The van der Waals surface area contributed by atoms with Gasteiger partial charge in [-0.15, -0.1) is 0 Å². The summed E-state index contributed by atoms with van der Waals surface area (Å²) in [5.74, 6) is 1.08. The molecule has 0 aliphatic carbocycles. The van der Waals surface area contributed by atoms with Crippen LogP contribution >= 0.6 is 11.6 Å². The lowest BCUT2D eigenvalue weighted by molar-refractivity contribution is 0.448. The van der Waals surface area contributed by atoms with Gasteiger partial charge in [-0.1, -0.05) is 17.7 Å². The van der Waals surface area contributed by atoms with E-state index in [4.69, 9.17) is 22.1 Å². The number of aromatic nitrogens is 2. The minimum Gasteiger partial charge on any atom is -0.426 e. The van der Waals surface area contributed by atoms with Crippen LogP contribution in [-0.4, -0.2) is 9.97 Å². The van der Waals surface area contributed by atoms with Gasteiger partial charge in [0, 0.05) is 5.02 Å². The molecule has 1 heterocycles. The Labute approximate surface area is 85.7 Å². The largest absolute Gasteiger partial charge is 0.426 e. The van der Waals surface area contributed by atoms with Gasteiger partial charge >= 0.3 is 6.01 Å². The van der Waals surface area contributed by atoms with Crippen LogP contribution in [-0.2, 0) is 0 Å². The number of imidazole rings is 1. The van der Waals surface area contributed by atoms with Gasteiger partial charge in [-0.05, 0) is 18.2 Å². The van der Waals surface area contributed by atoms with Crippen molar-refractivity contribution >= 4 is 17.4 Å². The first-order valence-electron chi connectivity index (χ1n) is 3.98. The van der Waals surface area contributed by atoms with Crippen molar-refractivity contribution in [3.05, 3.63) is 35.5 Å². The van der Waals surface area contributed by atoms with Gasteiger partial charge in [0.05, 0.1) is 6.20 Å². The van der Waals surface area contributed by atoms with Crippen molar-refractivity contribution in [2.24, 2.45) is 0 Å². The van der Waals surface area contributed by atoms with Gasteiger partial charge in [0.15, 0.2) is 0 Å².